The molecule has 0 N–H and O–H groups in total. The van der Waals surface area contributed by atoms with Gasteiger partial charge in [-0.2, -0.15) is 5.10 Å². The minimum absolute atomic E-state index is 0.661. The zero-order chi connectivity index (χ0) is 17.8. The topological polar surface area (TPSA) is 27.1 Å². The number of rotatable bonds is 5. The van der Waals surface area contributed by atoms with E-state index < -0.39 is 0 Å². The Labute approximate surface area is 153 Å². The van der Waals surface area contributed by atoms with Crippen molar-refractivity contribution < 1.29 is 4.74 Å². The summed E-state index contributed by atoms with van der Waals surface area (Å²) in [4.78, 5) is 0. The molecule has 0 saturated heterocycles. The van der Waals surface area contributed by atoms with Crippen LogP contribution in [0.3, 0.4) is 0 Å². The van der Waals surface area contributed by atoms with E-state index in [1.165, 1.54) is 0 Å². The van der Waals surface area contributed by atoms with E-state index in [-0.39, 0.29) is 0 Å². The number of benzene rings is 3. The highest BCUT2D eigenvalue weighted by Gasteiger charge is 2.13. The first-order valence-electron chi connectivity index (χ1n) is 8.79. The SMILES string of the molecule is CCOc1ccc(-n2nc(-c3ccccc3)cc2-c2ccccc2)cc1. The highest BCUT2D eigenvalue weighted by atomic mass is 16.5. The van der Waals surface area contributed by atoms with Gasteiger partial charge in [-0.25, -0.2) is 4.68 Å². The van der Waals surface area contributed by atoms with Gasteiger partial charge in [0, 0.05) is 11.1 Å². The average Bonchev–Trinajstić information content (AvgIpc) is 3.16. The molecule has 0 unspecified atom stereocenters. The predicted octanol–water partition coefficient (Wildman–Crippen LogP) is 5.61. The molecule has 0 aliphatic heterocycles. The molecule has 4 rings (SSSR count). The van der Waals surface area contributed by atoms with Crippen LogP contribution in [0.25, 0.3) is 28.2 Å². The Morgan fingerprint density at radius 1 is 0.769 bits per heavy atom. The maximum Gasteiger partial charge on any atom is 0.119 e. The van der Waals surface area contributed by atoms with Crippen molar-refractivity contribution in [3.63, 3.8) is 0 Å². The van der Waals surface area contributed by atoms with E-state index in [1.54, 1.807) is 0 Å². The van der Waals surface area contributed by atoms with Crippen molar-refractivity contribution in [1.82, 2.24) is 9.78 Å². The van der Waals surface area contributed by atoms with Gasteiger partial charge in [-0.05, 0) is 37.3 Å². The van der Waals surface area contributed by atoms with Crippen molar-refractivity contribution >= 4 is 0 Å². The van der Waals surface area contributed by atoms with Gasteiger partial charge in [-0.15, -0.1) is 0 Å². The third-order valence-electron chi connectivity index (χ3n) is 4.24. The maximum atomic E-state index is 5.56. The first-order chi connectivity index (χ1) is 12.8. The molecule has 26 heavy (non-hydrogen) atoms. The Balaban J connectivity index is 1.83. The molecule has 0 atom stereocenters. The lowest BCUT2D eigenvalue weighted by Gasteiger charge is -2.09. The van der Waals surface area contributed by atoms with Crippen LogP contribution >= 0.6 is 0 Å². The molecule has 4 aromatic rings. The zero-order valence-corrected chi connectivity index (χ0v) is 14.7. The normalized spacial score (nSPS) is 10.7. The lowest BCUT2D eigenvalue weighted by molar-refractivity contribution is 0.340. The molecular formula is C23H20N2O. The molecule has 1 aromatic heterocycles. The van der Waals surface area contributed by atoms with Crippen LogP contribution in [0.5, 0.6) is 5.75 Å². The Kier molecular flexibility index (Phi) is 4.52. The van der Waals surface area contributed by atoms with E-state index >= 15 is 0 Å². The summed E-state index contributed by atoms with van der Waals surface area (Å²) in [6.07, 6.45) is 0. The Bertz CT molecular complexity index is 974. The molecule has 0 saturated carbocycles. The number of hydrogen-bond donors (Lipinski definition) is 0. The fraction of sp³-hybridized carbons (Fsp3) is 0.0870. The van der Waals surface area contributed by atoms with Gasteiger partial charge in [-0.1, -0.05) is 60.7 Å². The van der Waals surface area contributed by atoms with Crippen molar-refractivity contribution in [3.8, 4) is 34.0 Å². The van der Waals surface area contributed by atoms with Crippen LogP contribution in [0.2, 0.25) is 0 Å². The fourth-order valence-corrected chi connectivity index (χ4v) is 2.99. The second-order valence-electron chi connectivity index (χ2n) is 5.99. The van der Waals surface area contributed by atoms with E-state index in [9.17, 15) is 0 Å². The van der Waals surface area contributed by atoms with Crippen LogP contribution in [0.1, 0.15) is 6.92 Å². The molecule has 0 aliphatic rings. The molecular weight excluding hydrogens is 320 g/mol. The third kappa shape index (κ3) is 3.24. The first kappa shape index (κ1) is 16.2. The molecule has 0 amide bonds. The smallest absolute Gasteiger partial charge is 0.119 e. The van der Waals surface area contributed by atoms with Crippen LogP contribution in [0.4, 0.5) is 0 Å². The van der Waals surface area contributed by atoms with Gasteiger partial charge in [0.25, 0.3) is 0 Å². The summed E-state index contributed by atoms with van der Waals surface area (Å²) in [5.74, 6) is 0.868. The summed E-state index contributed by atoms with van der Waals surface area (Å²) in [6, 6.07) is 30.8. The van der Waals surface area contributed by atoms with E-state index in [4.69, 9.17) is 9.84 Å². The number of aromatic nitrogens is 2. The lowest BCUT2D eigenvalue weighted by atomic mass is 10.1. The largest absolute Gasteiger partial charge is 0.494 e. The summed E-state index contributed by atoms with van der Waals surface area (Å²) in [5, 5.41) is 4.88. The molecule has 3 aromatic carbocycles. The highest BCUT2D eigenvalue weighted by molar-refractivity contribution is 5.70. The summed E-state index contributed by atoms with van der Waals surface area (Å²) in [7, 11) is 0. The molecule has 3 heteroatoms. The number of ether oxygens (including phenoxy) is 1. The van der Waals surface area contributed by atoms with Crippen molar-refractivity contribution in [2.45, 2.75) is 6.92 Å². The first-order valence-corrected chi connectivity index (χ1v) is 8.79. The van der Waals surface area contributed by atoms with Crippen LogP contribution in [0, 0.1) is 0 Å². The maximum absolute atomic E-state index is 5.56. The molecule has 128 valence electrons. The molecule has 3 nitrogen and oxygen atoms in total. The number of nitrogens with zero attached hydrogens (tertiary/aromatic N) is 2. The number of hydrogen-bond acceptors (Lipinski definition) is 2. The fourth-order valence-electron chi connectivity index (χ4n) is 2.99. The summed E-state index contributed by atoms with van der Waals surface area (Å²) in [6.45, 7) is 2.65. The van der Waals surface area contributed by atoms with Gasteiger partial charge in [0.05, 0.1) is 23.7 Å². The molecule has 1 heterocycles. The van der Waals surface area contributed by atoms with Gasteiger partial charge >= 0.3 is 0 Å². The second kappa shape index (κ2) is 7.28. The van der Waals surface area contributed by atoms with Crippen molar-refractivity contribution in [2.75, 3.05) is 6.61 Å². The third-order valence-corrected chi connectivity index (χ3v) is 4.24. The lowest BCUT2D eigenvalue weighted by Crippen LogP contribution is -1.99. The van der Waals surface area contributed by atoms with Gasteiger partial charge in [0.1, 0.15) is 5.75 Å². The second-order valence-corrected chi connectivity index (χ2v) is 5.99. The Morgan fingerprint density at radius 2 is 1.38 bits per heavy atom. The van der Waals surface area contributed by atoms with Crippen LogP contribution in [-0.4, -0.2) is 16.4 Å². The molecule has 0 aliphatic carbocycles. The van der Waals surface area contributed by atoms with E-state index in [2.05, 4.69) is 30.3 Å². The van der Waals surface area contributed by atoms with Gasteiger partial charge in [0.15, 0.2) is 0 Å². The molecule has 0 bridgehead atoms. The minimum atomic E-state index is 0.661. The van der Waals surface area contributed by atoms with Gasteiger partial charge in [0.2, 0.25) is 0 Å². The molecule has 0 fully saturated rings. The average molecular weight is 340 g/mol. The monoisotopic (exact) mass is 340 g/mol. The van der Waals surface area contributed by atoms with Crippen LogP contribution < -0.4 is 4.74 Å². The van der Waals surface area contributed by atoms with Gasteiger partial charge in [-0.3, -0.25) is 0 Å². The predicted molar refractivity (Wildman–Crippen MR) is 106 cm³/mol. The van der Waals surface area contributed by atoms with E-state index in [1.807, 2.05) is 72.3 Å². The molecule has 0 radical (unpaired) electrons. The van der Waals surface area contributed by atoms with Crippen molar-refractivity contribution in [3.05, 3.63) is 91.0 Å². The van der Waals surface area contributed by atoms with Gasteiger partial charge < -0.3 is 4.74 Å². The highest BCUT2D eigenvalue weighted by Crippen LogP contribution is 2.29. The van der Waals surface area contributed by atoms with Crippen molar-refractivity contribution in [2.24, 2.45) is 0 Å². The van der Waals surface area contributed by atoms with Crippen molar-refractivity contribution in [1.29, 1.82) is 0 Å². The summed E-state index contributed by atoms with van der Waals surface area (Å²) in [5.41, 5.74) is 5.27. The quantitative estimate of drug-likeness (QED) is 0.472. The van der Waals surface area contributed by atoms with E-state index in [0.29, 0.717) is 6.61 Å². The standard InChI is InChI=1S/C23H20N2O/c1-2-26-21-15-13-20(14-16-21)25-23(19-11-7-4-8-12-19)17-22(24-25)18-9-5-3-6-10-18/h3-17H,2H2,1H3. The van der Waals surface area contributed by atoms with Crippen LogP contribution in [0.15, 0.2) is 91.0 Å². The minimum Gasteiger partial charge on any atom is -0.494 e. The van der Waals surface area contributed by atoms with Crippen LogP contribution in [-0.2, 0) is 0 Å². The Hall–Kier alpha value is -3.33. The zero-order valence-electron chi connectivity index (χ0n) is 14.7. The van der Waals surface area contributed by atoms with E-state index in [0.717, 1.165) is 34.0 Å². The summed E-state index contributed by atoms with van der Waals surface area (Å²) < 4.78 is 7.55. The summed E-state index contributed by atoms with van der Waals surface area (Å²) >= 11 is 0. The Morgan fingerprint density at radius 3 is 2.00 bits per heavy atom. The molecule has 0 spiro atoms.